The first-order valence-corrected chi connectivity index (χ1v) is 14.8. The highest BCUT2D eigenvalue weighted by molar-refractivity contribution is 6.31. The molecule has 3 amide bonds. The Morgan fingerprint density at radius 1 is 1.13 bits per heavy atom. The molecule has 16 heteroatoms. The van der Waals surface area contributed by atoms with Crippen LogP contribution in [0.1, 0.15) is 30.1 Å². The molecule has 1 aliphatic rings. The average Bonchev–Trinajstić information content (AvgIpc) is 3.47. The van der Waals surface area contributed by atoms with E-state index in [1.807, 2.05) is 29.2 Å². The van der Waals surface area contributed by atoms with Crippen molar-refractivity contribution in [3.8, 4) is 0 Å². The number of carbonyl (C=O) groups excluding carboxylic acids is 2. The van der Waals surface area contributed by atoms with Crippen LogP contribution >= 0.6 is 11.6 Å². The van der Waals surface area contributed by atoms with Crippen molar-refractivity contribution in [3.05, 3.63) is 82.8 Å². The van der Waals surface area contributed by atoms with Crippen molar-refractivity contribution in [2.24, 2.45) is 0 Å². The number of ether oxygens (including phenoxy) is 1. The number of likely N-dealkylation sites (N-methyl/N-ethyl adjacent to an activating group) is 1. The highest BCUT2D eigenvalue weighted by Crippen LogP contribution is 2.27. The number of urea groups is 1. The summed E-state index contributed by atoms with van der Waals surface area (Å²) in [7, 11) is 1.54. The van der Waals surface area contributed by atoms with E-state index in [4.69, 9.17) is 16.3 Å². The van der Waals surface area contributed by atoms with Gasteiger partial charge < -0.3 is 15.0 Å². The van der Waals surface area contributed by atoms with Gasteiger partial charge in [-0.1, -0.05) is 48.0 Å². The smallest absolute Gasteiger partial charge is 0.447 e. The van der Waals surface area contributed by atoms with Gasteiger partial charge in [-0.3, -0.25) is 10.2 Å². The molecule has 0 fully saturated rings. The third-order valence-electron chi connectivity index (χ3n) is 7.60. The molecule has 0 saturated carbocycles. The van der Waals surface area contributed by atoms with E-state index in [2.05, 4.69) is 25.7 Å². The van der Waals surface area contributed by atoms with Crippen molar-refractivity contribution in [1.82, 2.24) is 34.9 Å². The molecule has 0 bridgehead atoms. The molecule has 0 saturated heterocycles. The topological polar surface area (TPSA) is 118 Å². The van der Waals surface area contributed by atoms with E-state index in [1.165, 1.54) is 21.7 Å². The van der Waals surface area contributed by atoms with E-state index < -0.39 is 36.0 Å². The second kappa shape index (κ2) is 14.3. The van der Waals surface area contributed by atoms with Crippen LogP contribution in [0.2, 0.25) is 5.02 Å². The second-order valence-corrected chi connectivity index (χ2v) is 11.1. The predicted molar refractivity (Wildman–Crippen MR) is 161 cm³/mol. The van der Waals surface area contributed by atoms with Gasteiger partial charge in [-0.05, 0) is 42.5 Å². The zero-order valence-electron chi connectivity index (χ0n) is 24.7. The Morgan fingerprint density at radius 3 is 2.70 bits per heavy atom. The molecule has 46 heavy (non-hydrogen) atoms. The zero-order valence-corrected chi connectivity index (χ0v) is 25.5. The molecule has 2 aromatic carbocycles. The molecule has 244 valence electrons. The van der Waals surface area contributed by atoms with Crippen molar-refractivity contribution < 1.29 is 31.9 Å². The molecular weight excluding hydrogens is 632 g/mol. The number of amides is 3. The van der Waals surface area contributed by atoms with Gasteiger partial charge in [0.05, 0.1) is 24.2 Å². The van der Waals surface area contributed by atoms with Crippen molar-refractivity contribution in [3.63, 3.8) is 0 Å². The van der Waals surface area contributed by atoms with Gasteiger partial charge in [-0.2, -0.15) is 13.2 Å². The standard InChI is InChI=1S/C30H31ClF4N8O3/c1-41(28(44)37-16-21-8-4-10-23(32)26(21)31)22(18-46-29(45)38-24-14-19-6-2-3-7-20(19)15-36-24)9-5-11-42-12-13-43-25(17-42)39-27(40-43)30(33,34)35/h2-4,6-8,10,14-15,22H,5,9,11-13,16-18H2,1H3,(H,37,44)(H,36,38,45)/t22-/m0/s1. The van der Waals surface area contributed by atoms with E-state index in [9.17, 15) is 27.2 Å². The number of pyridine rings is 1. The Labute approximate surface area is 266 Å². The van der Waals surface area contributed by atoms with Crippen LogP contribution in [-0.4, -0.2) is 74.5 Å². The SMILES string of the molecule is CN(C(=O)NCc1cccc(F)c1Cl)[C@@H](CCCN1CCn2nc(C(F)(F)F)nc2C1)COC(=O)Nc1cc2ccccc2cn1. The molecule has 1 atom stereocenters. The summed E-state index contributed by atoms with van der Waals surface area (Å²) in [6.07, 6.45) is -2.84. The number of alkyl halides is 3. The number of aromatic nitrogens is 4. The largest absolute Gasteiger partial charge is 0.453 e. The van der Waals surface area contributed by atoms with E-state index in [0.717, 1.165) is 10.8 Å². The summed E-state index contributed by atoms with van der Waals surface area (Å²) < 4.78 is 59.8. The van der Waals surface area contributed by atoms with Gasteiger partial charge in [-0.25, -0.2) is 28.6 Å². The zero-order chi connectivity index (χ0) is 32.8. The fraction of sp³-hybridized carbons (Fsp3) is 0.367. The predicted octanol–water partition coefficient (Wildman–Crippen LogP) is 5.69. The maximum absolute atomic E-state index is 13.9. The minimum absolute atomic E-state index is 0.0319. The van der Waals surface area contributed by atoms with E-state index >= 15 is 0 Å². The van der Waals surface area contributed by atoms with Crippen LogP contribution in [-0.2, 0) is 30.5 Å². The first-order chi connectivity index (χ1) is 22.0. The molecule has 2 aromatic heterocycles. The lowest BCUT2D eigenvalue weighted by atomic mass is 10.1. The summed E-state index contributed by atoms with van der Waals surface area (Å²) in [4.78, 5) is 37.0. The van der Waals surface area contributed by atoms with Crippen LogP contribution in [0, 0.1) is 5.82 Å². The number of nitrogens with one attached hydrogen (secondary N) is 2. The van der Waals surface area contributed by atoms with Crippen LogP contribution in [0.15, 0.2) is 54.7 Å². The number of anilines is 1. The minimum Gasteiger partial charge on any atom is -0.447 e. The summed E-state index contributed by atoms with van der Waals surface area (Å²) in [6.45, 7) is 1.23. The first kappa shape index (κ1) is 32.9. The monoisotopic (exact) mass is 662 g/mol. The van der Waals surface area contributed by atoms with E-state index in [0.29, 0.717) is 37.3 Å². The number of hydrogen-bond acceptors (Lipinski definition) is 7. The summed E-state index contributed by atoms with van der Waals surface area (Å²) in [5.41, 5.74) is 0.394. The Hall–Kier alpha value is -4.50. The summed E-state index contributed by atoms with van der Waals surface area (Å²) in [6, 6.07) is 12.4. The van der Waals surface area contributed by atoms with Gasteiger partial charge in [0.25, 0.3) is 5.82 Å². The van der Waals surface area contributed by atoms with Gasteiger partial charge >= 0.3 is 18.3 Å². The molecule has 0 spiro atoms. The van der Waals surface area contributed by atoms with Gasteiger partial charge in [-0.15, -0.1) is 5.10 Å². The van der Waals surface area contributed by atoms with Gasteiger partial charge in [0, 0.05) is 31.7 Å². The van der Waals surface area contributed by atoms with Crippen LogP contribution in [0.4, 0.5) is 33.0 Å². The van der Waals surface area contributed by atoms with E-state index in [1.54, 1.807) is 25.4 Å². The number of halogens is 5. The molecule has 0 radical (unpaired) electrons. The molecular formula is C30H31ClF4N8O3. The number of rotatable bonds is 10. The molecule has 1 aliphatic heterocycles. The normalized spacial score (nSPS) is 14.0. The molecule has 0 unspecified atom stereocenters. The van der Waals surface area contributed by atoms with Crippen LogP contribution in [0.5, 0.6) is 0 Å². The molecule has 0 aliphatic carbocycles. The molecule has 5 rings (SSSR count). The van der Waals surface area contributed by atoms with Crippen LogP contribution < -0.4 is 10.6 Å². The number of carbonyl (C=O) groups is 2. The summed E-state index contributed by atoms with van der Waals surface area (Å²) in [5.74, 6) is -1.24. The van der Waals surface area contributed by atoms with Crippen molar-refractivity contribution in [1.29, 1.82) is 0 Å². The highest BCUT2D eigenvalue weighted by Gasteiger charge is 2.38. The minimum atomic E-state index is -4.62. The Bertz CT molecular complexity index is 1700. The van der Waals surface area contributed by atoms with Gasteiger partial charge in [0.2, 0.25) is 0 Å². The average molecular weight is 663 g/mol. The van der Waals surface area contributed by atoms with Crippen LogP contribution in [0.25, 0.3) is 10.8 Å². The number of nitrogens with zero attached hydrogens (tertiary/aromatic N) is 6. The fourth-order valence-corrected chi connectivity index (χ4v) is 5.24. The molecule has 2 N–H and O–H groups in total. The Kier molecular flexibility index (Phi) is 10.2. The van der Waals surface area contributed by atoms with Crippen molar-refractivity contribution in [2.45, 2.75) is 44.7 Å². The molecule has 11 nitrogen and oxygen atoms in total. The lowest BCUT2D eigenvalue weighted by Crippen LogP contribution is -2.46. The lowest BCUT2D eigenvalue weighted by Gasteiger charge is -2.30. The number of fused-ring (bicyclic) bond motifs is 2. The first-order valence-electron chi connectivity index (χ1n) is 14.4. The third kappa shape index (κ3) is 8.20. The highest BCUT2D eigenvalue weighted by atomic mass is 35.5. The van der Waals surface area contributed by atoms with Gasteiger partial charge in [0.15, 0.2) is 0 Å². The third-order valence-corrected chi connectivity index (χ3v) is 8.03. The van der Waals surface area contributed by atoms with Crippen molar-refractivity contribution in [2.75, 3.05) is 32.1 Å². The van der Waals surface area contributed by atoms with Gasteiger partial charge in [0.1, 0.15) is 24.1 Å². The maximum Gasteiger partial charge on any atom is 0.453 e. The van der Waals surface area contributed by atoms with Crippen LogP contribution in [0.3, 0.4) is 0 Å². The quantitative estimate of drug-likeness (QED) is 0.210. The number of hydrogen-bond donors (Lipinski definition) is 2. The molecule has 3 heterocycles. The lowest BCUT2D eigenvalue weighted by molar-refractivity contribution is -0.145. The Morgan fingerprint density at radius 2 is 1.91 bits per heavy atom. The summed E-state index contributed by atoms with van der Waals surface area (Å²) in [5, 5.41) is 10.6. The van der Waals surface area contributed by atoms with Crippen molar-refractivity contribution >= 4 is 40.3 Å². The summed E-state index contributed by atoms with van der Waals surface area (Å²) >= 11 is 6.02. The maximum atomic E-state index is 13.9. The fourth-order valence-electron chi connectivity index (χ4n) is 5.05. The van der Waals surface area contributed by atoms with E-state index in [-0.39, 0.29) is 37.1 Å². The Balaban J connectivity index is 1.19. The molecule has 4 aromatic rings. The number of benzene rings is 2. The second-order valence-electron chi connectivity index (χ2n) is 10.8.